The third kappa shape index (κ3) is 4.06. The van der Waals surface area contributed by atoms with Crippen molar-refractivity contribution < 1.29 is 33.7 Å². The van der Waals surface area contributed by atoms with Crippen molar-refractivity contribution in [2.24, 2.45) is 34.5 Å². The van der Waals surface area contributed by atoms with Gasteiger partial charge in [-0.05, 0) is 69.1 Å². The molecule has 7 nitrogen and oxygen atoms in total. The van der Waals surface area contributed by atoms with E-state index >= 15 is 0 Å². The molecule has 7 heteroatoms. The Morgan fingerprint density at radius 3 is 2.18 bits per heavy atom. The second kappa shape index (κ2) is 8.79. The van der Waals surface area contributed by atoms with Gasteiger partial charge >= 0.3 is 17.9 Å². The molecule has 1 N–H and O–H groups in total. The van der Waals surface area contributed by atoms with Crippen LogP contribution < -0.4 is 0 Å². The predicted octanol–water partition coefficient (Wildman–Crippen LogP) is 4.19. The maximum atomic E-state index is 12.2. The predicted molar refractivity (Wildman–Crippen MR) is 124 cm³/mol. The van der Waals surface area contributed by atoms with E-state index in [-0.39, 0.29) is 53.5 Å². The van der Waals surface area contributed by atoms with Crippen molar-refractivity contribution in [1.29, 1.82) is 0 Å². The number of fused-ring (bicyclic) bond motifs is 5. The molecule has 0 heterocycles. The molecule has 0 aliphatic heterocycles. The maximum absolute atomic E-state index is 12.2. The van der Waals surface area contributed by atoms with Gasteiger partial charge in [-0.2, -0.15) is 0 Å². The van der Waals surface area contributed by atoms with Gasteiger partial charge in [0.1, 0.15) is 18.3 Å². The van der Waals surface area contributed by atoms with Gasteiger partial charge < -0.3 is 19.3 Å². The number of carbonyl (C=O) groups excluding carboxylic acids is 3. The van der Waals surface area contributed by atoms with Crippen LogP contribution in [0.15, 0.2) is 0 Å². The van der Waals surface area contributed by atoms with E-state index in [1.165, 1.54) is 20.8 Å². The number of aliphatic hydroxyl groups is 1. The SMILES string of the molecule is CC(=O)O[C@@H]1CC[C@]2(C)[C@@H]3[C@@H](CC[C@@]2(O)C1)[C@@H]1CC[C@H]([C@@H](C)OC(C)=O)[C@@]1(C)C[C@H]3OC(C)=O. The van der Waals surface area contributed by atoms with Crippen LogP contribution in [0.25, 0.3) is 0 Å². The first-order chi connectivity index (χ1) is 15.8. The summed E-state index contributed by atoms with van der Waals surface area (Å²) in [5.41, 5.74) is -1.48. The molecule has 4 aliphatic rings. The van der Waals surface area contributed by atoms with Gasteiger partial charge in [-0.3, -0.25) is 14.4 Å². The number of rotatable bonds is 4. The highest BCUT2D eigenvalue weighted by atomic mass is 16.6. The number of esters is 3. The van der Waals surface area contributed by atoms with Gasteiger partial charge in [0.25, 0.3) is 0 Å². The van der Waals surface area contributed by atoms with Crippen LogP contribution in [0, 0.1) is 34.5 Å². The first-order valence-corrected chi connectivity index (χ1v) is 13.0. The topological polar surface area (TPSA) is 99.1 Å². The highest BCUT2D eigenvalue weighted by Crippen LogP contribution is 2.69. The lowest BCUT2D eigenvalue weighted by Gasteiger charge is -2.65. The standard InChI is InChI=1S/C27H42O7/c1-15(32-16(2)28)21-7-8-22-20-10-12-27(31)13-19(33-17(3)29)9-11-26(27,6)24(20)23(34-18(4)30)14-25(21,22)5/h15,19-24,31H,7-14H2,1-6H3/t15-,19-,20+,21-,22+,23-,24-,25-,26-,27-/m1/s1. The van der Waals surface area contributed by atoms with E-state index in [4.69, 9.17) is 14.2 Å². The quantitative estimate of drug-likeness (QED) is 0.478. The number of ether oxygens (including phenoxy) is 3. The fourth-order valence-electron chi connectivity index (χ4n) is 9.10. The molecule has 34 heavy (non-hydrogen) atoms. The Morgan fingerprint density at radius 2 is 1.56 bits per heavy atom. The third-order valence-corrected chi connectivity index (χ3v) is 10.3. The van der Waals surface area contributed by atoms with Crippen LogP contribution in [-0.4, -0.2) is 46.9 Å². The average molecular weight is 479 g/mol. The Kier molecular flexibility index (Phi) is 6.58. The summed E-state index contributed by atoms with van der Waals surface area (Å²) in [5, 5.41) is 12.0. The fourth-order valence-corrected chi connectivity index (χ4v) is 9.10. The Morgan fingerprint density at radius 1 is 0.882 bits per heavy atom. The molecule has 192 valence electrons. The fraction of sp³-hybridized carbons (Fsp3) is 0.889. The summed E-state index contributed by atoms with van der Waals surface area (Å²) in [4.78, 5) is 35.5. The normalized spacial score (nSPS) is 46.3. The molecular weight excluding hydrogens is 436 g/mol. The molecule has 10 atom stereocenters. The van der Waals surface area contributed by atoms with Crippen LogP contribution in [0.4, 0.5) is 0 Å². The second-order valence-corrected chi connectivity index (χ2v) is 12.1. The van der Waals surface area contributed by atoms with Crippen LogP contribution in [0.1, 0.15) is 92.9 Å². The van der Waals surface area contributed by atoms with Crippen molar-refractivity contribution in [2.75, 3.05) is 0 Å². The molecule has 0 aromatic carbocycles. The van der Waals surface area contributed by atoms with E-state index in [1.54, 1.807) is 0 Å². The van der Waals surface area contributed by atoms with Crippen molar-refractivity contribution in [3.05, 3.63) is 0 Å². The number of hydrogen-bond acceptors (Lipinski definition) is 7. The summed E-state index contributed by atoms with van der Waals surface area (Å²) in [7, 11) is 0. The summed E-state index contributed by atoms with van der Waals surface area (Å²) < 4.78 is 17.2. The molecule has 4 fully saturated rings. The molecule has 0 aromatic rings. The van der Waals surface area contributed by atoms with E-state index in [9.17, 15) is 19.5 Å². The molecule has 0 bridgehead atoms. The highest BCUT2D eigenvalue weighted by Gasteiger charge is 2.68. The molecule has 4 rings (SSSR count). The Bertz CT molecular complexity index is 841. The molecule has 0 aromatic heterocycles. The Balaban J connectivity index is 1.67. The van der Waals surface area contributed by atoms with Gasteiger partial charge in [-0.1, -0.05) is 13.8 Å². The summed E-state index contributed by atoms with van der Waals surface area (Å²) in [6, 6.07) is 0. The van der Waals surface area contributed by atoms with Crippen molar-refractivity contribution in [3.63, 3.8) is 0 Å². The Labute approximate surface area is 203 Å². The van der Waals surface area contributed by atoms with Gasteiger partial charge in [0.15, 0.2) is 0 Å². The molecule has 0 radical (unpaired) electrons. The zero-order valence-electron chi connectivity index (χ0n) is 21.6. The minimum atomic E-state index is -0.957. The summed E-state index contributed by atoms with van der Waals surface area (Å²) in [6.07, 6.45) is 5.41. The van der Waals surface area contributed by atoms with Crippen LogP contribution >= 0.6 is 0 Å². The van der Waals surface area contributed by atoms with E-state index in [1.807, 2.05) is 6.92 Å². The van der Waals surface area contributed by atoms with Crippen LogP contribution in [0.5, 0.6) is 0 Å². The molecule has 4 saturated carbocycles. The zero-order chi connectivity index (χ0) is 25.1. The summed E-state index contributed by atoms with van der Waals surface area (Å²) in [5.74, 6) is 0.163. The first-order valence-electron chi connectivity index (χ1n) is 13.0. The van der Waals surface area contributed by atoms with Crippen LogP contribution in [-0.2, 0) is 28.6 Å². The van der Waals surface area contributed by atoms with E-state index in [0.717, 1.165) is 25.7 Å². The molecule has 0 spiro atoms. The molecule has 4 aliphatic carbocycles. The van der Waals surface area contributed by atoms with E-state index in [2.05, 4.69) is 13.8 Å². The smallest absolute Gasteiger partial charge is 0.302 e. The molecule has 0 saturated heterocycles. The lowest BCUT2D eigenvalue weighted by molar-refractivity contribution is -0.252. The van der Waals surface area contributed by atoms with Crippen molar-refractivity contribution in [1.82, 2.24) is 0 Å². The maximum Gasteiger partial charge on any atom is 0.302 e. The van der Waals surface area contributed by atoms with Crippen LogP contribution in [0.3, 0.4) is 0 Å². The second-order valence-electron chi connectivity index (χ2n) is 12.1. The summed E-state index contributed by atoms with van der Waals surface area (Å²) in [6.45, 7) is 10.8. The van der Waals surface area contributed by atoms with E-state index in [0.29, 0.717) is 37.5 Å². The van der Waals surface area contributed by atoms with Gasteiger partial charge in [-0.25, -0.2) is 0 Å². The monoisotopic (exact) mass is 478 g/mol. The van der Waals surface area contributed by atoms with Crippen molar-refractivity contribution in [3.8, 4) is 0 Å². The zero-order valence-corrected chi connectivity index (χ0v) is 21.6. The van der Waals surface area contributed by atoms with Gasteiger partial charge in [0.2, 0.25) is 0 Å². The summed E-state index contributed by atoms with van der Waals surface area (Å²) >= 11 is 0. The first kappa shape index (κ1) is 25.5. The largest absolute Gasteiger partial charge is 0.463 e. The molecule has 0 amide bonds. The van der Waals surface area contributed by atoms with E-state index < -0.39 is 11.0 Å². The van der Waals surface area contributed by atoms with Gasteiger partial charge in [0.05, 0.1) is 5.60 Å². The lowest BCUT2D eigenvalue weighted by Crippen LogP contribution is -2.67. The van der Waals surface area contributed by atoms with Crippen LogP contribution in [0.2, 0.25) is 0 Å². The number of hydrogen-bond donors (Lipinski definition) is 1. The van der Waals surface area contributed by atoms with Crippen molar-refractivity contribution in [2.45, 2.75) is 117 Å². The van der Waals surface area contributed by atoms with Gasteiger partial charge in [0, 0.05) is 44.4 Å². The molecule has 0 unspecified atom stereocenters. The average Bonchev–Trinajstić information content (AvgIpc) is 3.04. The third-order valence-electron chi connectivity index (χ3n) is 10.3. The highest BCUT2D eigenvalue weighted by molar-refractivity contribution is 5.67. The van der Waals surface area contributed by atoms with Gasteiger partial charge in [-0.15, -0.1) is 0 Å². The Hall–Kier alpha value is -1.63. The lowest BCUT2D eigenvalue weighted by atomic mass is 9.42. The minimum Gasteiger partial charge on any atom is -0.463 e. The minimum absolute atomic E-state index is 0.0503. The molecular formula is C27H42O7. The van der Waals surface area contributed by atoms with Crippen molar-refractivity contribution >= 4 is 17.9 Å². The number of carbonyl (C=O) groups is 3.